The van der Waals surface area contributed by atoms with Crippen molar-refractivity contribution in [2.24, 2.45) is 5.84 Å². The minimum atomic E-state index is 0.224. The van der Waals surface area contributed by atoms with Crippen LogP contribution >= 0.6 is 11.3 Å². The van der Waals surface area contributed by atoms with E-state index >= 15 is 0 Å². The van der Waals surface area contributed by atoms with Crippen LogP contribution in [0.1, 0.15) is 23.0 Å². The molecular weight excluding hydrogens is 218 g/mol. The Balaban J connectivity index is 1.94. The van der Waals surface area contributed by atoms with Gasteiger partial charge >= 0.3 is 0 Å². The highest BCUT2D eigenvalue weighted by Crippen LogP contribution is 2.22. The maximum Gasteiger partial charge on any atom is 0.0557 e. The van der Waals surface area contributed by atoms with E-state index in [9.17, 15) is 0 Å². The molecule has 0 bridgehead atoms. The number of hydrogen-bond donors (Lipinski definition) is 2. The molecule has 1 unspecified atom stereocenters. The molecule has 0 aliphatic heterocycles. The molecule has 1 atom stereocenters. The fourth-order valence-corrected chi connectivity index (χ4v) is 2.46. The lowest BCUT2D eigenvalue weighted by Gasteiger charge is -2.13. The maximum absolute atomic E-state index is 5.56. The second-order valence-electron chi connectivity index (χ2n) is 3.59. The van der Waals surface area contributed by atoms with Gasteiger partial charge in [0.25, 0.3) is 0 Å². The second-order valence-corrected chi connectivity index (χ2v) is 4.57. The number of thiophene rings is 1. The van der Waals surface area contributed by atoms with E-state index in [1.165, 1.54) is 4.88 Å². The highest BCUT2D eigenvalue weighted by molar-refractivity contribution is 7.10. The zero-order valence-corrected chi connectivity index (χ0v) is 9.78. The lowest BCUT2D eigenvalue weighted by molar-refractivity contribution is 0.521. The number of hydrazine groups is 1. The van der Waals surface area contributed by atoms with Crippen molar-refractivity contribution in [1.82, 2.24) is 10.4 Å². The molecule has 0 aliphatic carbocycles. The molecule has 0 saturated carbocycles. The molecule has 3 nitrogen and oxygen atoms in total. The quantitative estimate of drug-likeness (QED) is 0.615. The first-order chi connectivity index (χ1) is 7.90. The summed E-state index contributed by atoms with van der Waals surface area (Å²) in [6.07, 6.45) is 3.73. The van der Waals surface area contributed by atoms with Crippen LogP contribution in [-0.4, -0.2) is 4.98 Å². The first kappa shape index (κ1) is 11.3. The van der Waals surface area contributed by atoms with Gasteiger partial charge in [-0.2, -0.15) is 0 Å². The second kappa shape index (κ2) is 5.75. The molecule has 0 aliphatic rings. The van der Waals surface area contributed by atoms with E-state index in [2.05, 4.69) is 21.9 Å². The summed E-state index contributed by atoms with van der Waals surface area (Å²) < 4.78 is 0. The summed E-state index contributed by atoms with van der Waals surface area (Å²) in [5, 5.41) is 2.07. The van der Waals surface area contributed by atoms with E-state index in [-0.39, 0.29) is 6.04 Å². The summed E-state index contributed by atoms with van der Waals surface area (Å²) in [6.45, 7) is 0. The van der Waals surface area contributed by atoms with Crippen molar-refractivity contribution < 1.29 is 0 Å². The summed E-state index contributed by atoms with van der Waals surface area (Å²) in [6, 6.07) is 10.4. The third-order valence-electron chi connectivity index (χ3n) is 2.50. The van der Waals surface area contributed by atoms with Crippen LogP contribution in [0.4, 0.5) is 0 Å². The van der Waals surface area contributed by atoms with E-state index < -0.39 is 0 Å². The van der Waals surface area contributed by atoms with Gasteiger partial charge in [-0.3, -0.25) is 16.3 Å². The number of hydrogen-bond acceptors (Lipinski definition) is 4. The molecule has 0 radical (unpaired) electrons. The van der Waals surface area contributed by atoms with Gasteiger partial charge < -0.3 is 0 Å². The molecule has 4 heteroatoms. The number of nitrogens with zero attached hydrogens (tertiary/aromatic N) is 1. The molecule has 2 heterocycles. The van der Waals surface area contributed by atoms with Crippen LogP contribution in [0.25, 0.3) is 0 Å². The largest absolute Gasteiger partial charge is 0.271 e. The molecule has 0 spiro atoms. The number of aryl methyl sites for hydroxylation is 1. The maximum atomic E-state index is 5.56. The van der Waals surface area contributed by atoms with E-state index in [1.807, 2.05) is 30.5 Å². The predicted molar refractivity (Wildman–Crippen MR) is 66.9 cm³/mol. The third-order valence-corrected chi connectivity index (χ3v) is 3.49. The SMILES string of the molecule is NNC(CCc1ccccn1)c1cccs1. The highest BCUT2D eigenvalue weighted by Gasteiger charge is 2.10. The third kappa shape index (κ3) is 2.88. The van der Waals surface area contributed by atoms with Gasteiger partial charge in [0.2, 0.25) is 0 Å². The first-order valence-electron chi connectivity index (χ1n) is 5.29. The minimum Gasteiger partial charge on any atom is -0.271 e. The Labute approximate surface area is 99.3 Å². The molecule has 3 N–H and O–H groups in total. The fraction of sp³-hybridized carbons (Fsp3) is 0.250. The Hall–Kier alpha value is -1.23. The van der Waals surface area contributed by atoms with Gasteiger partial charge in [0, 0.05) is 16.8 Å². The van der Waals surface area contributed by atoms with E-state index in [0.717, 1.165) is 18.5 Å². The molecule has 2 aromatic heterocycles. The summed E-state index contributed by atoms with van der Waals surface area (Å²) in [5.74, 6) is 5.56. The Morgan fingerprint density at radius 1 is 1.31 bits per heavy atom. The smallest absolute Gasteiger partial charge is 0.0557 e. The van der Waals surface area contributed by atoms with Crippen LogP contribution in [0.5, 0.6) is 0 Å². The highest BCUT2D eigenvalue weighted by atomic mass is 32.1. The number of nitrogens with two attached hydrogens (primary N) is 1. The molecule has 0 saturated heterocycles. The van der Waals surface area contributed by atoms with Crippen molar-refractivity contribution in [2.75, 3.05) is 0 Å². The van der Waals surface area contributed by atoms with Crippen molar-refractivity contribution in [2.45, 2.75) is 18.9 Å². The van der Waals surface area contributed by atoms with Crippen LogP contribution in [0, 0.1) is 0 Å². The van der Waals surface area contributed by atoms with Crippen molar-refractivity contribution >= 4 is 11.3 Å². The topological polar surface area (TPSA) is 50.9 Å². The van der Waals surface area contributed by atoms with Crippen molar-refractivity contribution in [3.05, 3.63) is 52.5 Å². The fourth-order valence-electron chi connectivity index (χ4n) is 1.64. The zero-order chi connectivity index (χ0) is 11.2. The molecule has 2 aromatic rings. The lowest BCUT2D eigenvalue weighted by Crippen LogP contribution is -2.27. The molecule has 16 heavy (non-hydrogen) atoms. The zero-order valence-electron chi connectivity index (χ0n) is 8.97. The minimum absolute atomic E-state index is 0.224. The molecule has 0 aromatic carbocycles. The average Bonchev–Trinajstić information content (AvgIpc) is 2.85. The monoisotopic (exact) mass is 233 g/mol. The number of aromatic nitrogens is 1. The summed E-state index contributed by atoms with van der Waals surface area (Å²) in [4.78, 5) is 5.58. The summed E-state index contributed by atoms with van der Waals surface area (Å²) >= 11 is 1.73. The van der Waals surface area contributed by atoms with E-state index in [1.54, 1.807) is 11.3 Å². The van der Waals surface area contributed by atoms with Crippen LogP contribution in [0.2, 0.25) is 0 Å². The first-order valence-corrected chi connectivity index (χ1v) is 6.17. The molecule has 0 amide bonds. The van der Waals surface area contributed by atoms with Crippen LogP contribution < -0.4 is 11.3 Å². The normalized spacial score (nSPS) is 12.6. The number of pyridine rings is 1. The molecule has 2 rings (SSSR count). The molecule has 0 fully saturated rings. The van der Waals surface area contributed by atoms with Crippen LogP contribution in [-0.2, 0) is 6.42 Å². The van der Waals surface area contributed by atoms with Crippen molar-refractivity contribution in [3.63, 3.8) is 0 Å². The van der Waals surface area contributed by atoms with Crippen molar-refractivity contribution in [3.8, 4) is 0 Å². The van der Waals surface area contributed by atoms with Crippen LogP contribution in [0.15, 0.2) is 41.9 Å². The van der Waals surface area contributed by atoms with Gasteiger partial charge in [-0.15, -0.1) is 11.3 Å². The standard InChI is InChI=1S/C12H15N3S/c13-15-11(12-5-3-9-16-12)7-6-10-4-1-2-8-14-10/h1-5,8-9,11,15H,6-7,13H2. The van der Waals surface area contributed by atoms with Gasteiger partial charge in [-0.05, 0) is 36.4 Å². The van der Waals surface area contributed by atoms with Gasteiger partial charge in [0.05, 0.1) is 6.04 Å². The summed E-state index contributed by atoms with van der Waals surface area (Å²) in [7, 11) is 0. The van der Waals surface area contributed by atoms with Crippen LogP contribution in [0.3, 0.4) is 0 Å². The summed E-state index contributed by atoms with van der Waals surface area (Å²) in [5.41, 5.74) is 3.97. The Morgan fingerprint density at radius 2 is 2.25 bits per heavy atom. The Kier molecular flexibility index (Phi) is 4.04. The van der Waals surface area contributed by atoms with E-state index in [4.69, 9.17) is 5.84 Å². The van der Waals surface area contributed by atoms with Crippen molar-refractivity contribution in [1.29, 1.82) is 0 Å². The molecular formula is C12H15N3S. The number of rotatable bonds is 5. The van der Waals surface area contributed by atoms with Gasteiger partial charge in [-0.1, -0.05) is 12.1 Å². The Morgan fingerprint density at radius 3 is 2.88 bits per heavy atom. The van der Waals surface area contributed by atoms with Gasteiger partial charge in [0.1, 0.15) is 0 Å². The van der Waals surface area contributed by atoms with Gasteiger partial charge in [-0.25, -0.2) is 0 Å². The predicted octanol–water partition coefficient (Wildman–Crippen LogP) is 2.28. The lowest BCUT2D eigenvalue weighted by atomic mass is 10.1. The average molecular weight is 233 g/mol. The number of nitrogens with one attached hydrogen (secondary N) is 1. The van der Waals surface area contributed by atoms with E-state index in [0.29, 0.717) is 0 Å². The molecule has 84 valence electrons. The van der Waals surface area contributed by atoms with Gasteiger partial charge in [0.15, 0.2) is 0 Å². The Bertz CT molecular complexity index is 399.